The van der Waals surface area contributed by atoms with Gasteiger partial charge >= 0.3 is 0 Å². The van der Waals surface area contributed by atoms with E-state index >= 15 is 0 Å². The molecule has 88 valence electrons. The predicted molar refractivity (Wildman–Crippen MR) is 55.7 cm³/mol. The Morgan fingerprint density at radius 2 is 1.81 bits per heavy atom. The van der Waals surface area contributed by atoms with Crippen molar-refractivity contribution in [3.05, 3.63) is 35.1 Å². The van der Waals surface area contributed by atoms with E-state index < -0.39 is 17.5 Å². The molecule has 0 spiro atoms. The predicted octanol–water partition coefficient (Wildman–Crippen LogP) is 2.79. The Labute approximate surface area is 92.7 Å². The monoisotopic (exact) mass is 229 g/mol. The van der Waals surface area contributed by atoms with Crippen molar-refractivity contribution in [2.45, 2.75) is 31.7 Å². The van der Waals surface area contributed by atoms with Gasteiger partial charge in [0.05, 0.1) is 0 Å². The number of nitrogens with one attached hydrogen (secondary N) is 1. The van der Waals surface area contributed by atoms with E-state index in [9.17, 15) is 13.2 Å². The molecule has 1 heterocycles. The first kappa shape index (κ1) is 11.5. The summed E-state index contributed by atoms with van der Waals surface area (Å²) in [5.41, 5.74) is 0.248. The average molecular weight is 229 g/mol. The number of hydrogen-bond acceptors (Lipinski definition) is 1. The van der Waals surface area contributed by atoms with Crippen molar-refractivity contribution in [3.63, 3.8) is 0 Å². The molecule has 1 aromatic carbocycles. The zero-order chi connectivity index (χ0) is 11.5. The maximum Gasteiger partial charge on any atom is 0.161 e. The van der Waals surface area contributed by atoms with Crippen LogP contribution in [0.25, 0.3) is 0 Å². The molecule has 16 heavy (non-hydrogen) atoms. The molecular formula is C12H14F3N. The summed E-state index contributed by atoms with van der Waals surface area (Å²) in [6.45, 7) is 0.913. The zero-order valence-electron chi connectivity index (χ0n) is 8.90. The molecule has 1 N–H and O–H groups in total. The molecule has 0 radical (unpaired) electrons. The molecule has 1 aliphatic heterocycles. The lowest BCUT2D eigenvalue weighted by Crippen LogP contribution is -2.35. The first-order chi connectivity index (χ1) is 7.66. The van der Waals surface area contributed by atoms with Gasteiger partial charge in [0.1, 0.15) is 5.82 Å². The quantitative estimate of drug-likeness (QED) is 0.769. The van der Waals surface area contributed by atoms with Crippen LogP contribution in [0.1, 0.15) is 24.8 Å². The lowest BCUT2D eigenvalue weighted by molar-refractivity contribution is 0.393. The van der Waals surface area contributed by atoms with Crippen molar-refractivity contribution in [1.29, 1.82) is 0 Å². The van der Waals surface area contributed by atoms with E-state index in [0.717, 1.165) is 31.9 Å². The molecule has 0 aromatic heterocycles. The maximum atomic E-state index is 13.4. The molecule has 2 rings (SSSR count). The van der Waals surface area contributed by atoms with Crippen molar-refractivity contribution < 1.29 is 13.2 Å². The number of hydrogen-bond donors (Lipinski definition) is 1. The third-order valence-corrected chi connectivity index (χ3v) is 2.97. The van der Waals surface area contributed by atoms with E-state index in [0.29, 0.717) is 12.5 Å². The van der Waals surface area contributed by atoms with Crippen LogP contribution in [0, 0.1) is 17.5 Å². The molecule has 1 aromatic rings. The van der Waals surface area contributed by atoms with Crippen LogP contribution in [-0.4, -0.2) is 12.6 Å². The van der Waals surface area contributed by atoms with Gasteiger partial charge in [-0.3, -0.25) is 0 Å². The Bertz CT molecular complexity index is 373. The third-order valence-electron chi connectivity index (χ3n) is 2.97. The molecule has 0 aliphatic carbocycles. The van der Waals surface area contributed by atoms with Gasteiger partial charge in [0.15, 0.2) is 11.6 Å². The summed E-state index contributed by atoms with van der Waals surface area (Å²) in [4.78, 5) is 0. The maximum absolute atomic E-state index is 13.4. The Hall–Kier alpha value is -1.03. The van der Waals surface area contributed by atoms with Crippen molar-refractivity contribution in [1.82, 2.24) is 5.32 Å². The van der Waals surface area contributed by atoms with E-state index in [2.05, 4.69) is 5.32 Å². The van der Waals surface area contributed by atoms with Crippen LogP contribution in [0.4, 0.5) is 13.2 Å². The van der Waals surface area contributed by atoms with Crippen LogP contribution in [-0.2, 0) is 6.42 Å². The summed E-state index contributed by atoms with van der Waals surface area (Å²) in [5, 5.41) is 3.25. The van der Waals surface area contributed by atoms with Gasteiger partial charge in [0.2, 0.25) is 0 Å². The molecule has 1 fully saturated rings. The minimum absolute atomic E-state index is 0.174. The van der Waals surface area contributed by atoms with E-state index in [4.69, 9.17) is 0 Å². The summed E-state index contributed by atoms with van der Waals surface area (Å²) < 4.78 is 39.0. The van der Waals surface area contributed by atoms with Gasteiger partial charge in [0.25, 0.3) is 0 Å². The number of halogens is 3. The van der Waals surface area contributed by atoms with Crippen molar-refractivity contribution >= 4 is 0 Å². The highest BCUT2D eigenvalue weighted by atomic mass is 19.2. The molecule has 0 amide bonds. The van der Waals surface area contributed by atoms with Gasteiger partial charge < -0.3 is 5.32 Å². The van der Waals surface area contributed by atoms with Gasteiger partial charge in [-0.25, -0.2) is 13.2 Å². The number of piperidine rings is 1. The van der Waals surface area contributed by atoms with Crippen molar-refractivity contribution in [2.75, 3.05) is 6.54 Å². The molecule has 0 saturated carbocycles. The van der Waals surface area contributed by atoms with E-state index in [1.807, 2.05) is 0 Å². The molecule has 1 saturated heterocycles. The second-order valence-electron chi connectivity index (χ2n) is 4.21. The summed E-state index contributed by atoms with van der Waals surface area (Å²) in [6.07, 6.45) is 3.60. The first-order valence-electron chi connectivity index (χ1n) is 5.53. The lowest BCUT2D eigenvalue weighted by atomic mass is 9.97. The van der Waals surface area contributed by atoms with Gasteiger partial charge in [-0.2, -0.15) is 0 Å². The SMILES string of the molecule is Fc1cc(F)c(C[C@@H]2CCCCN2)cc1F. The lowest BCUT2D eigenvalue weighted by Gasteiger charge is -2.23. The summed E-state index contributed by atoms with van der Waals surface area (Å²) in [6, 6.07) is 1.75. The molecule has 1 aliphatic rings. The molecule has 1 nitrogen and oxygen atoms in total. The van der Waals surface area contributed by atoms with Gasteiger partial charge in [-0.15, -0.1) is 0 Å². The van der Waals surface area contributed by atoms with Crippen LogP contribution >= 0.6 is 0 Å². The largest absolute Gasteiger partial charge is 0.314 e. The Morgan fingerprint density at radius 3 is 2.50 bits per heavy atom. The van der Waals surface area contributed by atoms with E-state index in [1.54, 1.807) is 0 Å². The topological polar surface area (TPSA) is 12.0 Å². The van der Waals surface area contributed by atoms with Crippen LogP contribution in [0.2, 0.25) is 0 Å². The van der Waals surface area contributed by atoms with Crippen LogP contribution in [0.5, 0.6) is 0 Å². The fraction of sp³-hybridized carbons (Fsp3) is 0.500. The fourth-order valence-electron chi connectivity index (χ4n) is 2.08. The molecule has 0 unspecified atom stereocenters. The van der Waals surface area contributed by atoms with Crippen molar-refractivity contribution in [3.8, 4) is 0 Å². The molecule has 4 heteroatoms. The Kier molecular flexibility index (Phi) is 3.49. The highest BCUT2D eigenvalue weighted by Crippen LogP contribution is 2.18. The zero-order valence-corrected chi connectivity index (χ0v) is 8.90. The smallest absolute Gasteiger partial charge is 0.161 e. The second kappa shape index (κ2) is 4.87. The van der Waals surface area contributed by atoms with Crippen LogP contribution in [0.3, 0.4) is 0 Å². The molecular weight excluding hydrogens is 215 g/mol. The summed E-state index contributed by atoms with van der Waals surface area (Å²) >= 11 is 0. The van der Waals surface area contributed by atoms with E-state index in [-0.39, 0.29) is 11.6 Å². The average Bonchev–Trinajstić information content (AvgIpc) is 2.27. The van der Waals surface area contributed by atoms with Gasteiger partial charge in [0, 0.05) is 12.1 Å². The Morgan fingerprint density at radius 1 is 1.06 bits per heavy atom. The molecule has 1 atom stereocenters. The highest BCUT2D eigenvalue weighted by Gasteiger charge is 2.17. The van der Waals surface area contributed by atoms with Crippen molar-refractivity contribution in [2.24, 2.45) is 0 Å². The second-order valence-corrected chi connectivity index (χ2v) is 4.21. The normalized spacial score (nSPS) is 21.1. The third kappa shape index (κ3) is 2.55. The Balaban J connectivity index is 2.11. The minimum Gasteiger partial charge on any atom is -0.314 e. The molecule has 0 bridgehead atoms. The first-order valence-corrected chi connectivity index (χ1v) is 5.53. The fourth-order valence-corrected chi connectivity index (χ4v) is 2.08. The summed E-state index contributed by atoms with van der Waals surface area (Å²) in [5.74, 6) is -2.77. The standard InChI is InChI=1S/C12H14F3N/c13-10-7-12(15)11(14)6-8(10)5-9-3-1-2-4-16-9/h6-7,9,16H,1-5H2/t9-/m0/s1. The number of benzene rings is 1. The van der Waals surface area contributed by atoms with Gasteiger partial charge in [-0.1, -0.05) is 6.42 Å². The van der Waals surface area contributed by atoms with Crippen LogP contribution in [0.15, 0.2) is 12.1 Å². The summed E-state index contributed by atoms with van der Waals surface area (Å²) in [7, 11) is 0. The number of rotatable bonds is 2. The van der Waals surface area contributed by atoms with Crippen LogP contribution < -0.4 is 5.32 Å². The minimum atomic E-state index is -1.13. The van der Waals surface area contributed by atoms with E-state index in [1.165, 1.54) is 0 Å². The highest BCUT2D eigenvalue weighted by molar-refractivity contribution is 5.21. The van der Waals surface area contributed by atoms with Gasteiger partial charge in [-0.05, 0) is 37.4 Å².